The third-order valence-corrected chi connectivity index (χ3v) is 3.12. The number of ether oxygens (including phenoxy) is 1. The lowest BCUT2D eigenvalue weighted by Gasteiger charge is -2.36. The monoisotopic (exact) mass is 265 g/mol. The van der Waals surface area contributed by atoms with Crippen LogP contribution in [0.25, 0.3) is 0 Å². The second kappa shape index (κ2) is 7.85. The predicted molar refractivity (Wildman–Crippen MR) is 79.0 cm³/mol. The van der Waals surface area contributed by atoms with Crippen LogP contribution in [-0.2, 0) is 4.74 Å². The highest BCUT2D eigenvalue weighted by molar-refractivity contribution is 5.12. The van der Waals surface area contributed by atoms with Crippen LogP contribution < -0.4 is 5.11 Å². The molecule has 0 heterocycles. The Morgan fingerprint density at radius 3 is 2.37 bits per heavy atom. The number of nitrogens with zero attached hydrogens (tertiary/aromatic N) is 1. The Bertz CT molecular complexity index is 367. The van der Waals surface area contributed by atoms with Gasteiger partial charge >= 0.3 is 0 Å². The molecule has 0 aliphatic heterocycles. The maximum atomic E-state index is 11.6. The van der Waals surface area contributed by atoms with Crippen molar-refractivity contribution in [3.8, 4) is 0 Å². The van der Waals surface area contributed by atoms with Crippen molar-refractivity contribution in [3.63, 3.8) is 0 Å². The minimum atomic E-state index is -0.290. The highest BCUT2D eigenvalue weighted by atomic mass is 16.6. The lowest BCUT2D eigenvalue weighted by molar-refractivity contribution is -0.863. The summed E-state index contributed by atoms with van der Waals surface area (Å²) in [5, 5.41) is 11.6. The standard InChI is InChI=1S/C16H27NO2/c1-8-14(5)10-11-15(13(3)4)17(6,7)12-16(18)19-9-2/h8,12,15H,1,3,5,9-11H2,2,4,6-7H3/b16-12+. The Balaban J connectivity index is 4.94. The Labute approximate surface area is 117 Å². The van der Waals surface area contributed by atoms with E-state index in [1.165, 1.54) is 0 Å². The van der Waals surface area contributed by atoms with Crippen molar-refractivity contribution < 1.29 is 14.3 Å². The first kappa shape index (κ1) is 17.5. The van der Waals surface area contributed by atoms with E-state index in [-0.39, 0.29) is 12.0 Å². The zero-order valence-corrected chi connectivity index (χ0v) is 12.7. The first-order valence-electron chi connectivity index (χ1n) is 6.56. The molecule has 1 atom stereocenters. The van der Waals surface area contributed by atoms with Crippen LogP contribution in [0.3, 0.4) is 0 Å². The smallest absolute Gasteiger partial charge is 0.118 e. The summed E-state index contributed by atoms with van der Waals surface area (Å²) in [5.41, 5.74) is 2.05. The van der Waals surface area contributed by atoms with Crippen molar-refractivity contribution in [1.82, 2.24) is 0 Å². The molecule has 3 heteroatoms. The third kappa shape index (κ3) is 6.30. The highest BCUT2D eigenvalue weighted by Crippen LogP contribution is 2.22. The summed E-state index contributed by atoms with van der Waals surface area (Å²) < 4.78 is 5.41. The average molecular weight is 265 g/mol. The Hall–Kier alpha value is -1.48. The number of allylic oxidation sites excluding steroid dienone is 2. The van der Waals surface area contributed by atoms with E-state index in [0.717, 1.165) is 24.0 Å². The maximum Gasteiger partial charge on any atom is 0.118 e. The summed E-state index contributed by atoms with van der Waals surface area (Å²) in [6, 6.07) is 0.154. The predicted octanol–water partition coefficient (Wildman–Crippen LogP) is 2.73. The van der Waals surface area contributed by atoms with E-state index in [2.05, 4.69) is 19.7 Å². The van der Waals surface area contributed by atoms with E-state index in [1.807, 2.05) is 21.0 Å². The zero-order valence-electron chi connectivity index (χ0n) is 12.7. The molecule has 0 radical (unpaired) electrons. The molecule has 0 aromatic rings. The van der Waals surface area contributed by atoms with Crippen LogP contribution in [0.5, 0.6) is 0 Å². The molecule has 0 aliphatic carbocycles. The van der Waals surface area contributed by atoms with Gasteiger partial charge in [0.1, 0.15) is 18.2 Å². The molecule has 0 rings (SSSR count). The van der Waals surface area contributed by atoms with E-state index in [9.17, 15) is 5.11 Å². The van der Waals surface area contributed by atoms with Crippen LogP contribution in [0.1, 0.15) is 26.7 Å². The van der Waals surface area contributed by atoms with E-state index < -0.39 is 0 Å². The Morgan fingerprint density at radius 1 is 1.37 bits per heavy atom. The second-order valence-corrected chi connectivity index (χ2v) is 5.27. The largest absolute Gasteiger partial charge is 0.610 e. The molecule has 0 spiro atoms. The van der Waals surface area contributed by atoms with Gasteiger partial charge < -0.3 is 9.84 Å². The second-order valence-electron chi connectivity index (χ2n) is 5.27. The molecule has 0 bridgehead atoms. The van der Waals surface area contributed by atoms with Gasteiger partial charge in [0.15, 0.2) is 0 Å². The van der Waals surface area contributed by atoms with Crippen molar-refractivity contribution in [2.45, 2.75) is 32.7 Å². The summed E-state index contributed by atoms with van der Waals surface area (Å²) in [4.78, 5) is 0. The van der Waals surface area contributed by atoms with Crippen molar-refractivity contribution in [2.75, 3.05) is 20.7 Å². The van der Waals surface area contributed by atoms with Crippen molar-refractivity contribution in [2.24, 2.45) is 0 Å². The molecule has 0 amide bonds. The van der Waals surface area contributed by atoms with Gasteiger partial charge in [-0.25, -0.2) is 0 Å². The van der Waals surface area contributed by atoms with E-state index in [4.69, 9.17) is 4.74 Å². The zero-order chi connectivity index (χ0) is 15.1. The van der Waals surface area contributed by atoms with Gasteiger partial charge in [0.25, 0.3) is 0 Å². The van der Waals surface area contributed by atoms with Gasteiger partial charge in [-0.05, 0) is 25.5 Å². The van der Waals surface area contributed by atoms with Gasteiger partial charge in [-0.1, -0.05) is 38.3 Å². The van der Waals surface area contributed by atoms with Gasteiger partial charge in [-0.3, -0.25) is 4.48 Å². The number of quaternary nitrogens is 1. The summed E-state index contributed by atoms with van der Waals surface area (Å²) in [5.74, 6) is -0.290. The summed E-state index contributed by atoms with van der Waals surface area (Å²) in [6.07, 6.45) is 5.09. The number of hydrogen-bond acceptors (Lipinski definition) is 2. The molecule has 19 heavy (non-hydrogen) atoms. The molecule has 0 aliphatic rings. The highest BCUT2D eigenvalue weighted by Gasteiger charge is 2.27. The summed E-state index contributed by atoms with van der Waals surface area (Å²) in [6.45, 7) is 15.8. The Morgan fingerprint density at radius 2 is 1.95 bits per heavy atom. The van der Waals surface area contributed by atoms with Gasteiger partial charge in [0, 0.05) is 6.42 Å². The van der Waals surface area contributed by atoms with Crippen LogP contribution in [0.2, 0.25) is 0 Å². The molecule has 0 saturated carbocycles. The van der Waals surface area contributed by atoms with Crippen LogP contribution in [0, 0.1) is 0 Å². The summed E-state index contributed by atoms with van der Waals surface area (Å²) >= 11 is 0. The van der Waals surface area contributed by atoms with Crippen LogP contribution in [0.15, 0.2) is 49.1 Å². The lowest BCUT2D eigenvalue weighted by atomic mass is 9.99. The van der Waals surface area contributed by atoms with Gasteiger partial charge in [0.05, 0.1) is 14.1 Å². The third-order valence-electron chi connectivity index (χ3n) is 3.12. The van der Waals surface area contributed by atoms with Gasteiger partial charge in [-0.15, -0.1) is 0 Å². The molecule has 108 valence electrons. The SMILES string of the molecule is C=CC(=C)CCC(C(=C)C)[N+](C)(C)/C=C(\[O-])OCC. The maximum absolute atomic E-state index is 11.6. The van der Waals surface area contributed by atoms with Crippen LogP contribution in [-0.4, -0.2) is 31.2 Å². The van der Waals surface area contributed by atoms with Crippen LogP contribution in [0.4, 0.5) is 0 Å². The number of rotatable bonds is 9. The molecule has 1 unspecified atom stereocenters. The normalized spacial score (nSPS) is 13.8. The van der Waals surface area contributed by atoms with E-state index in [0.29, 0.717) is 11.1 Å². The fraction of sp³-hybridized carbons (Fsp3) is 0.500. The molecule has 3 nitrogen and oxygen atoms in total. The van der Waals surface area contributed by atoms with Gasteiger partial charge in [-0.2, -0.15) is 0 Å². The van der Waals surface area contributed by atoms with Crippen molar-refractivity contribution in [1.29, 1.82) is 0 Å². The molecule has 0 aromatic heterocycles. The fourth-order valence-electron chi connectivity index (χ4n) is 2.11. The first-order chi connectivity index (χ1) is 8.74. The van der Waals surface area contributed by atoms with E-state index in [1.54, 1.807) is 19.2 Å². The summed E-state index contributed by atoms with van der Waals surface area (Å²) in [7, 11) is 3.96. The minimum absolute atomic E-state index is 0.154. The van der Waals surface area contributed by atoms with Crippen LogP contribution >= 0.6 is 0 Å². The fourth-order valence-corrected chi connectivity index (χ4v) is 2.11. The molecule has 0 aromatic carbocycles. The van der Waals surface area contributed by atoms with Gasteiger partial charge in [0.2, 0.25) is 0 Å². The first-order valence-corrected chi connectivity index (χ1v) is 6.56. The molecule has 0 fully saturated rings. The minimum Gasteiger partial charge on any atom is -0.610 e. The molecular formula is C16H27NO2. The quantitative estimate of drug-likeness (QED) is 0.278. The van der Waals surface area contributed by atoms with Crippen molar-refractivity contribution in [3.05, 3.63) is 49.1 Å². The number of likely N-dealkylation sites (N-methyl/N-ethyl adjacent to an activating group) is 1. The lowest BCUT2D eigenvalue weighted by Crippen LogP contribution is -2.45. The number of hydrogen-bond donors (Lipinski definition) is 0. The molecular weight excluding hydrogens is 238 g/mol. The Kier molecular flexibility index (Phi) is 7.23. The molecule has 0 saturated heterocycles. The van der Waals surface area contributed by atoms with Crippen molar-refractivity contribution >= 4 is 0 Å². The van der Waals surface area contributed by atoms with E-state index >= 15 is 0 Å². The molecule has 0 N–H and O–H groups in total. The average Bonchev–Trinajstić information content (AvgIpc) is 2.27. The topological polar surface area (TPSA) is 32.3 Å².